The zero-order valence-electron chi connectivity index (χ0n) is 14.6. The standard InChI is InChI=1S/C21H20ClNO2S/c1-15-3-7-17(8-4-15)21(18-9-11-19(22)12-10-18)23-26(24,25)20-13-5-16(2)6-14-20/h3-14,21,23H,1-2H3. The number of rotatable bonds is 5. The third kappa shape index (κ3) is 4.33. The summed E-state index contributed by atoms with van der Waals surface area (Å²) in [5, 5.41) is 0.609. The van der Waals surface area contributed by atoms with Crippen LogP contribution in [0.5, 0.6) is 0 Å². The number of nitrogens with one attached hydrogen (secondary N) is 1. The number of sulfonamides is 1. The molecule has 5 heteroatoms. The van der Waals surface area contributed by atoms with Gasteiger partial charge in [-0.1, -0.05) is 71.3 Å². The van der Waals surface area contributed by atoms with Crippen LogP contribution in [0, 0.1) is 13.8 Å². The molecule has 0 aliphatic rings. The van der Waals surface area contributed by atoms with E-state index in [0.717, 1.165) is 22.3 Å². The number of benzene rings is 3. The Kier molecular flexibility index (Phi) is 5.47. The van der Waals surface area contributed by atoms with Gasteiger partial charge >= 0.3 is 0 Å². The van der Waals surface area contributed by atoms with Crippen LogP contribution in [0.1, 0.15) is 28.3 Å². The van der Waals surface area contributed by atoms with Gasteiger partial charge < -0.3 is 0 Å². The fourth-order valence-corrected chi connectivity index (χ4v) is 4.02. The van der Waals surface area contributed by atoms with Gasteiger partial charge in [-0.3, -0.25) is 0 Å². The van der Waals surface area contributed by atoms with Crippen molar-refractivity contribution >= 4 is 21.6 Å². The zero-order chi connectivity index (χ0) is 18.7. The topological polar surface area (TPSA) is 46.2 Å². The second-order valence-electron chi connectivity index (χ2n) is 6.33. The lowest BCUT2D eigenvalue weighted by Gasteiger charge is -2.20. The molecular formula is C21H20ClNO2S. The van der Waals surface area contributed by atoms with Gasteiger partial charge in [-0.2, -0.15) is 4.72 Å². The predicted molar refractivity (Wildman–Crippen MR) is 106 cm³/mol. The molecule has 0 bridgehead atoms. The molecule has 0 saturated heterocycles. The molecule has 0 radical (unpaired) electrons. The van der Waals surface area contributed by atoms with Crippen LogP contribution in [0.25, 0.3) is 0 Å². The lowest BCUT2D eigenvalue weighted by Crippen LogP contribution is -2.29. The van der Waals surface area contributed by atoms with E-state index in [1.165, 1.54) is 0 Å². The third-order valence-electron chi connectivity index (χ3n) is 4.22. The van der Waals surface area contributed by atoms with Gasteiger partial charge in [0.15, 0.2) is 0 Å². The van der Waals surface area contributed by atoms with Crippen molar-refractivity contribution in [3.63, 3.8) is 0 Å². The van der Waals surface area contributed by atoms with Crippen molar-refractivity contribution in [3.8, 4) is 0 Å². The van der Waals surface area contributed by atoms with E-state index in [9.17, 15) is 8.42 Å². The average Bonchev–Trinajstić information content (AvgIpc) is 2.62. The van der Waals surface area contributed by atoms with Crippen molar-refractivity contribution in [1.29, 1.82) is 0 Å². The van der Waals surface area contributed by atoms with Gasteiger partial charge in [0.2, 0.25) is 10.0 Å². The molecule has 3 aromatic carbocycles. The fourth-order valence-electron chi connectivity index (χ4n) is 2.68. The van der Waals surface area contributed by atoms with Crippen molar-refractivity contribution in [2.24, 2.45) is 0 Å². The Balaban J connectivity index is 2.01. The van der Waals surface area contributed by atoms with Crippen molar-refractivity contribution in [2.75, 3.05) is 0 Å². The van der Waals surface area contributed by atoms with E-state index in [0.29, 0.717) is 5.02 Å². The summed E-state index contributed by atoms with van der Waals surface area (Å²) in [5.74, 6) is 0. The van der Waals surface area contributed by atoms with Crippen molar-refractivity contribution in [3.05, 3.63) is 100 Å². The number of aryl methyl sites for hydroxylation is 2. The molecule has 0 aliphatic carbocycles. The minimum Gasteiger partial charge on any atom is -0.207 e. The molecule has 0 heterocycles. The summed E-state index contributed by atoms with van der Waals surface area (Å²) in [5.41, 5.74) is 3.82. The van der Waals surface area contributed by atoms with Crippen LogP contribution in [0.15, 0.2) is 77.7 Å². The highest BCUT2D eigenvalue weighted by molar-refractivity contribution is 7.89. The molecule has 0 saturated carbocycles. The molecule has 26 heavy (non-hydrogen) atoms. The van der Waals surface area contributed by atoms with Crippen molar-refractivity contribution in [1.82, 2.24) is 4.72 Å². The van der Waals surface area contributed by atoms with Crippen LogP contribution < -0.4 is 4.72 Å². The molecule has 134 valence electrons. The Labute approximate surface area is 159 Å². The molecule has 0 amide bonds. The summed E-state index contributed by atoms with van der Waals surface area (Å²) in [6, 6.07) is 21.3. The number of hydrogen-bond acceptors (Lipinski definition) is 2. The van der Waals surface area contributed by atoms with Crippen LogP contribution in [-0.2, 0) is 10.0 Å². The highest BCUT2D eigenvalue weighted by atomic mass is 35.5. The minimum atomic E-state index is -3.68. The minimum absolute atomic E-state index is 0.245. The maximum absolute atomic E-state index is 12.9. The van der Waals surface area contributed by atoms with Gasteiger partial charge in [-0.25, -0.2) is 8.42 Å². The Morgan fingerprint density at radius 2 is 1.15 bits per heavy atom. The van der Waals surface area contributed by atoms with E-state index >= 15 is 0 Å². The Morgan fingerprint density at radius 3 is 1.65 bits per heavy atom. The summed E-state index contributed by atoms with van der Waals surface area (Å²) < 4.78 is 28.6. The van der Waals surface area contributed by atoms with Crippen LogP contribution in [0.2, 0.25) is 5.02 Å². The summed E-state index contributed by atoms with van der Waals surface area (Å²) >= 11 is 5.99. The van der Waals surface area contributed by atoms with Gasteiger partial charge in [0.25, 0.3) is 0 Å². The van der Waals surface area contributed by atoms with E-state index in [-0.39, 0.29) is 4.90 Å². The second kappa shape index (κ2) is 7.62. The van der Waals surface area contributed by atoms with E-state index in [2.05, 4.69) is 4.72 Å². The quantitative estimate of drug-likeness (QED) is 0.669. The molecule has 0 aliphatic heterocycles. The number of halogens is 1. The first kappa shape index (κ1) is 18.6. The highest BCUT2D eigenvalue weighted by Crippen LogP contribution is 2.26. The molecule has 3 nitrogen and oxygen atoms in total. The van der Waals surface area contributed by atoms with E-state index in [4.69, 9.17) is 11.6 Å². The predicted octanol–water partition coefficient (Wildman–Crippen LogP) is 5.02. The van der Waals surface area contributed by atoms with E-state index in [1.807, 2.05) is 50.2 Å². The summed E-state index contributed by atoms with van der Waals surface area (Å²) in [6.45, 7) is 3.92. The lowest BCUT2D eigenvalue weighted by molar-refractivity contribution is 0.572. The summed E-state index contributed by atoms with van der Waals surface area (Å²) in [7, 11) is -3.68. The maximum Gasteiger partial charge on any atom is 0.241 e. The van der Waals surface area contributed by atoms with Crippen molar-refractivity contribution < 1.29 is 8.42 Å². The lowest BCUT2D eigenvalue weighted by atomic mass is 9.99. The molecule has 0 spiro atoms. The van der Waals surface area contributed by atoms with E-state index < -0.39 is 16.1 Å². The van der Waals surface area contributed by atoms with Crippen LogP contribution >= 0.6 is 11.6 Å². The van der Waals surface area contributed by atoms with Crippen LogP contribution in [0.4, 0.5) is 0 Å². The Hall–Kier alpha value is -2.14. The van der Waals surface area contributed by atoms with Gasteiger partial charge in [0.05, 0.1) is 10.9 Å². The summed E-state index contributed by atoms with van der Waals surface area (Å²) in [6.07, 6.45) is 0. The molecule has 1 unspecified atom stereocenters. The smallest absolute Gasteiger partial charge is 0.207 e. The van der Waals surface area contributed by atoms with Gasteiger partial charge in [-0.05, 0) is 49.2 Å². The molecule has 0 aromatic heterocycles. The fraction of sp³-hybridized carbons (Fsp3) is 0.143. The zero-order valence-corrected chi connectivity index (χ0v) is 16.2. The molecule has 1 atom stereocenters. The van der Waals surface area contributed by atoms with Crippen molar-refractivity contribution in [2.45, 2.75) is 24.8 Å². The van der Waals surface area contributed by atoms with Crippen LogP contribution in [0.3, 0.4) is 0 Å². The van der Waals surface area contributed by atoms with Gasteiger partial charge in [0.1, 0.15) is 0 Å². The number of hydrogen-bond donors (Lipinski definition) is 1. The SMILES string of the molecule is Cc1ccc(C(NS(=O)(=O)c2ccc(C)cc2)c2ccc(Cl)cc2)cc1. The molecule has 1 N–H and O–H groups in total. The largest absolute Gasteiger partial charge is 0.241 e. The first-order valence-corrected chi connectivity index (χ1v) is 10.1. The normalized spacial score (nSPS) is 12.7. The molecule has 0 fully saturated rings. The maximum atomic E-state index is 12.9. The van der Waals surface area contributed by atoms with Crippen LogP contribution in [-0.4, -0.2) is 8.42 Å². The van der Waals surface area contributed by atoms with E-state index in [1.54, 1.807) is 36.4 Å². The third-order valence-corrected chi connectivity index (χ3v) is 5.91. The molecule has 3 rings (SSSR count). The monoisotopic (exact) mass is 385 g/mol. The average molecular weight is 386 g/mol. The molecular weight excluding hydrogens is 366 g/mol. The van der Waals surface area contributed by atoms with Gasteiger partial charge in [0, 0.05) is 5.02 Å². The molecule has 3 aromatic rings. The summed E-state index contributed by atoms with van der Waals surface area (Å²) in [4.78, 5) is 0.245. The second-order valence-corrected chi connectivity index (χ2v) is 8.48. The first-order valence-electron chi connectivity index (χ1n) is 8.26. The first-order chi connectivity index (χ1) is 12.3. The highest BCUT2D eigenvalue weighted by Gasteiger charge is 2.23. The Bertz CT molecular complexity index is 934. The Morgan fingerprint density at radius 1 is 0.731 bits per heavy atom. The van der Waals surface area contributed by atoms with Gasteiger partial charge in [-0.15, -0.1) is 0 Å².